The number of hydrogen-bond donors (Lipinski definition) is 2. The zero-order valence-corrected chi connectivity index (χ0v) is 10.1. The van der Waals surface area contributed by atoms with Crippen LogP contribution < -0.4 is 11.1 Å². The van der Waals surface area contributed by atoms with E-state index in [1.807, 2.05) is 25.2 Å². The average molecular weight is 212 g/mol. The van der Waals surface area contributed by atoms with Gasteiger partial charge < -0.3 is 11.1 Å². The Kier molecular flexibility index (Phi) is 4.11. The highest BCUT2D eigenvalue weighted by Gasteiger charge is 2.10. The highest BCUT2D eigenvalue weighted by Crippen LogP contribution is 2.16. The van der Waals surface area contributed by atoms with E-state index in [2.05, 4.69) is 23.7 Å². The summed E-state index contributed by atoms with van der Waals surface area (Å²) in [7, 11) is 0. The van der Waals surface area contributed by atoms with E-state index < -0.39 is 0 Å². The van der Waals surface area contributed by atoms with Gasteiger partial charge in [0.25, 0.3) is 0 Å². The van der Waals surface area contributed by atoms with Gasteiger partial charge in [-0.05, 0) is 37.3 Å². The minimum absolute atomic E-state index is 0.121. The molecular formula is C11H20N2S. The molecular weight excluding hydrogens is 192 g/mol. The molecule has 0 aliphatic heterocycles. The molecule has 3 N–H and O–H groups in total. The smallest absolute Gasteiger partial charge is 0.0303 e. The van der Waals surface area contributed by atoms with Crippen LogP contribution in [0.2, 0.25) is 0 Å². The Hall–Kier alpha value is -0.380. The van der Waals surface area contributed by atoms with Crippen molar-refractivity contribution in [3.05, 3.63) is 21.9 Å². The van der Waals surface area contributed by atoms with E-state index in [0.29, 0.717) is 0 Å². The van der Waals surface area contributed by atoms with Gasteiger partial charge >= 0.3 is 0 Å². The molecule has 3 heteroatoms. The molecule has 0 bridgehead atoms. The highest BCUT2D eigenvalue weighted by molar-refractivity contribution is 7.10. The number of nitrogens with one attached hydrogen (secondary N) is 1. The zero-order chi connectivity index (χ0) is 10.6. The predicted octanol–water partition coefficient (Wildman–Crippen LogP) is 2.14. The van der Waals surface area contributed by atoms with Crippen molar-refractivity contribution in [2.24, 2.45) is 5.73 Å². The Morgan fingerprint density at radius 1 is 1.50 bits per heavy atom. The van der Waals surface area contributed by atoms with Gasteiger partial charge in [-0.25, -0.2) is 0 Å². The normalized spacial score (nSPS) is 12.0. The van der Waals surface area contributed by atoms with E-state index in [9.17, 15) is 0 Å². The topological polar surface area (TPSA) is 38.0 Å². The maximum absolute atomic E-state index is 5.89. The molecule has 1 aromatic rings. The van der Waals surface area contributed by atoms with Crippen LogP contribution in [0, 0.1) is 0 Å². The van der Waals surface area contributed by atoms with Crippen LogP contribution in [0.1, 0.15) is 31.2 Å². The van der Waals surface area contributed by atoms with E-state index in [-0.39, 0.29) is 5.54 Å². The SMILES string of the molecule is CCc1ccsc1CNCC(C)(C)N. The number of aryl methyl sites for hydroxylation is 1. The van der Waals surface area contributed by atoms with Gasteiger partial charge in [-0.2, -0.15) is 0 Å². The average Bonchev–Trinajstić information content (AvgIpc) is 2.49. The Bertz CT molecular complexity index is 273. The van der Waals surface area contributed by atoms with E-state index in [4.69, 9.17) is 5.73 Å². The fourth-order valence-electron chi connectivity index (χ4n) is 1.34. The van der Waals surface area contributed by atoms with Crippen molar-refractivity contribution < 1.29 is 0 Å². The molecule has 1 rings (SSSR count). The number of rotatable bonds is 5. The summed E-state index contributed by atoms with van der Waals surface area (Å²) < 4.78 is 0. The number of thiophene rings is 1. The molecule has 0 unspecified atom stereocenters. The summed E-state index contributed by atoms with van der Waals surface area (Å²) >= 11 is 1.82. The summed E-state index contributed by atoms with van der Waals surface area (Å²) in [6.45, 7) is 8.07. The number of hydrogen-bond acceptors (Lipinski definition) is 3. The zero-order valence-electron chi connectivity index (χ0n) is 9.26. The molecule has 0 spiro atoms. The quantitative estimate of drug-likeness (QED) is 0.785. The van der Waals surface area contributed by atoms with Gasteiger partial charge in [0.05, 0.1) is 0 Å². The first-order valence-electron chi connectivity index (χ1n) is 5.08. The minimum atomic E-state index is -0.121. The molecule has 0 amide bonds. The molecule has 80 valence electrons. The third-order valence-corrected chi connectivity index (χ3v) is 3.05. The molecule has 1 heterocycles. The molecule has 0 fully saturated rings. The molecule has 0 saturated carbocycles. The van der Waals surface area contributed by atoms with E-state index >= 15 is 0 Å². The first-order valence-corrected chi connectivity index (χ1v) is 5.96. The summed E-state index contributed by atoms with van der Waals surface area (Å²) in [5.74, 6) is 0. The summed E-state index contributed by atoms with van der Waals surface area (Å²) in [5, 5.41) is 5.54. The van der Waals surface area contributed by atoms with Crippen LogP contribution in [-0.4, -0.2) is 12.1 Å². The van der Waals surface area contributed by atoms with Crippen molar-refractivity contribution in [2.45, 2.75) is 39.3 Å². The van der Waals surface area contributed by atoms with Gasteiger partial charge in [0.2, 0.25) is 0 Å². The molecule has 0 aromatic carbocycles. The fourth-order valence-corrected chi connectivity index (χ4v) is 2.28. The van der Waals surface area contributed by atoms with Gasteiger partial charge in [0.1, 0.15) is 0 Å². The van der Waals surface area contributed by atoms with E-state index in [0.717, 1.165) is 19.5 Å². The van der Waals surface area contributed by atoms with Crippen LogP contribution in [0.15, 0.2) is 11.4 Å². The molecule has 1 aromatic heterocycles. The third-order valence-electron chi connectivity index (χ3n) is 2.08. The molecule has 0 atom stereocenters. The third kappa shape index (κ3) is 3.78. The van der Waals surface area contributed by atoms with Gasteiger partial charge in [0, 0.05) is 23.5 Å². The summed E-state index contributed by atoms with van der Waals surface area (Å²) in [6.07, 6.45) is 1.12. The van der Waals surface area contributed by atoms with Crippen molar-refractivity contribution in [1.82, 2.24) is 5.32 Å². The Morgan fingerprint density at radius 3 is 2.79 bits per heavy atom. The molecule has 0 aliphatic carbocycles. The van der Waals surface area contributed by atoms with Crippen molar-refractivity contribution in [2.75, 3.05) is 6.54 Å². The van der Waals surface area contributed by atoms with Crippen LogP contribution in [0.25, 0.3) is 0 Å². The first-order chi connectivity index (χ1) is 6.53. The van der Waals surface area contributed by atoms with Crippen LogP contribution >= 0.6 is 11.3 Å². The van der Waals surface area contributed by atoms with Crippen molar-refractivity contribution in [3.8, 4) is 0 Å². The fraction of sp³-hybridized carbons (Fsp3) is 0.636. The van der Waals surface area contributed by atoms with Gasteiger partial charge in [-0.1, -0.05) is 6.92 Å². The van der Waals surface area contributed by atoms with Crippen LogP contribution in [0.4, 0.5) is 0 Å². The molecule has 0 saturated heterocycles. The Balaban J connectivity index is 2.38. The van der Waals surface area contributed by atoms with E-state index in [1.54, 1.807) is 0 Å². The van der Waals surface area contributed by atoms with Crippen LogP contribution in [0.3, 0.4) is 0 Å². The second kappa shape index (κ2) is 4.91. The van der Waals surface area contributed by atoms with Crippen molar-refractivity contribution in [1.29, 1.82) is 0 Å². The van der Waals surface area contributed by atoms with Crippen LogP contribution in [0.5, 0.6) is 0 Å². The lowest BCUT2D eigenvalue weighted by Crippen LogP contribution is -2.42. The summed E-state index contributed by atoms with van der Waals surface area (Å²) in [5.41, 5.74) is 7.22. The molecule has 2 nitrogen and oxygen atoms in total. The maximum Gasteiger partial charge on any atom is 0.0303 e. The van der Waals surface area contributed by atoms with Crippen molar-refractivity contribution in [3.63, 3.8) is 0 Å². The monoisotopic (exact) mass is 212 g/mol. The lowest BCUT2D eigenvalue weighted by molar-refractivity contribution is 0.467. The lowest BCUT2D eigenvalue weighted by atomic mass is 10.1. The molecule has 0 radical (unpaired) electrons. The Labute approximate surface area is 90.5 Å². The van der Waals surface area contributed by atoms with Gasteiger partial charge in [0.15, 0.2) is 0 Å². The van der Waals surface area contributed by atoms with Crippen LogP contribution in [-0.2, 0) is 13.0 Å². The highest BCUT2D eigenvalue weighted by atomic mass is 32.1. The second-order valence-electron chi connectivity index (χ2n) is 4.31. The van der Waals surface area contributed by atoms with Crippen molar-refractivity contribution >= 4 is 11.3 Å². The predicted molar refractivity (Wildman–Crippen MR) is 63.7 cm³/mol. The van der Waals surface area contributed by atoms with E-state index in [1.165, 1.54) is 10.4 Å². The number of nitrogens with two attached hydrogens (primary N) is 1. The molecule has 0 aliphatic rings. The second-order valence-corrected chi connectivity index (χ2v) is 5.32. The Morgan fingerprint density at radius 2 is 2.21 bits per heavy atom. The molecule has 14 heavy (non-hydrogen) atoms. The maximum atomic E-state index is 5.89. The summed E-state index contributed by atoms with van der Waals surface area (Å²) in [6, 6.07) is 2.20. The van der Waals surface area contributed by atoms with Gasteiger partial charge in [-0.3, -0.25) is 0 Å². The lowest BCUT2D eigenvalue weighted by Gasteiger charge is -2.18. The minimum Gasteiger partial charge on any atom is -0.324 e. The standard InChI is InChI=1S/C11H20N2S/c1-4-9-5-6-14-10(9)7-13-8-11(2,3)12/h5-6,13H,4,7-8,12H2,1-3H3. The largest absolute Gasteiger partial charge is 0.324 e. The van der Waals surface area contributed by atoms with Gasteiger partial charge in [-0.15, -0.1) is 11.3 Å². The first kappa shape index (κ1) is 11.7. The summed E-state index contributed by atoms with van der Waals surface area (Å²) in [4.78, 5) is 1.44.